The summed E-state index contributed by atoms with van der Waals surface area (Å²) in [6.45, 7) is 8.96. The largest absolute Gasteiger partial charge is 0.268 e. The second kappa shape index (κ2) is 3.93. The monoisotopic (exact) mass is 216 g/mol. The second-order valence-electron chi connectivity index (χ2n) is 5.12. The molecule has 2 rings (SSSR count). The van der Waals surface area contributed by atoms with Crippen molar-refractivity contribution in [2.24, 2.45) is 7.05 Å². The lowest BCUT2D eigenvalue weighted by Crippen LogP contribution is -1.96. The van der Waals surface area contributed by atoms with Gasteiger partial charge in [0.25, 0.3) is 0 Å². The van der Waals surface area contributed by atoms with Gasteiger partial charge in [0.1, 0.15) is 0 Å². The maximum absolute atomic E-state index is 4.36. The number of hydrogen-bond donors (Lipinski definition) is 0. The molecule has 0 radical (unpaired) electrons. The van der Waals surface area contributed by atoms with E-state index >= 15 is 0 Å². The Morgan fingerprint density at radius 1 is 1.06 bits per heavy atom. The van der Waals surface area contributed by atoms with E-state index in [1.807, 2.05) is 17.9 Å². The van der Waals surface area contributed by atoms with E-state index < -0.39 is 0 Å². The van der Waals surface area contributed by atoms with Gasteiger partial charge in [0.15, 0.2) is 0 Å². The van der Waals surface area contributed by atoms with Crippen LogP contribution in [0.15, 0.2) is 18.3 Å². The van der Waals surface area contributed by atoms with E-state index in [2.05, 4.69) is 44.9 Å². The average Bonchev–Trinajstić information content (AvgIpc) is 2.59. The third-order valence-electron chi connectivity index (χ3n) is 3.21. The van der Waals surface area contributed by atoms with E-state index in [-0.39, 0.29) is 0 Å². The third kappa shape index (κ3) is 1.73. The zero-order valence-corrected chi connectivity index (χ0v) is 10.8. The molecule has 1 aromatic heterocycles. The SMILES string of the molecule is CC(C)c1cc(C(C)C)c2cnn(C)c2c1. The molecule has 0 fully saturated rings. The van der Waals surface area contributed by atoms with Crippen LogP contribution in [0.1, 0.15) is 50.7 Å². The topological polar surface area (TPSA) is 17.8 Å². The van der Waals surface area contributed by atoms with E-state index in [4.69, 9.17) is 0 Å². The van der Waals surface area contributed by atoms with Gasteiger partial charge in [-0.3, -0.25) is 4.68 Å². The van der Waals surface area contributed by atoms with Crippen molar-refractivity contribution in [3.05, 3.63) is 29.5 Å². The Morgan fingerprint density at radius 2 is 1.75 bits per heavy atom. The summed E-state index contributed by atoms with van der Waals surface area (Å²) in [7, 11) is 2.01. The molecule has 0 saturated carbocycles. The van der Waals surface area contributed by atoms with Crippen molar-refractivity contribution in [1.29, 1.82) is 0 Å². The molecule has 1 heterocycles. The predicted octanol–water partition coefficient (Wildman–Crippen LogP) is 3.82. The molecule has 0 unspecified atom stereocenters. The highest BCUT2D eigenvalue weighted by molar-refractivity contribution is 5.83. The zero-order valence-electron chi connectivity index (χ0n) is 10.8. The zero-order chi connectivity index (χ0) is 11.9. The van der Waals surface area contributed by atoms with Crippen LogP contribution in [0, 0.1) is 0 Å². The fourth-order valence-corrected chi connectivity index (χ4v) is 2.11. The highest BCUT2D eigenvalue weighted by Crippen LogP contribution is 2.29. The first-order valence-electron chi connectivity index (χ1n) is 5.96. The van der Waals surface area contributed by atoms with Crippen molar-refractivity contribution in [3.63, 3.8) is 0 Å². The molecule has 1 aromatic carbocycles. The molecular weight excluding hydrogens is 196 g/mol. The molecule has 0 spiro atoms. The lowest BCUT2D eigenvalue weighted by atomic mass is 9.93. The molecule has 0 aliphatic heterocycles. The van der Waals surface area contributed by atoms with Gasteiger partial charge < -0.3 is 0 Å². The van der Waals surface area contributed by atoms with Crippen LogP contribution >= 0.6 is 0 Å². The Morgan fingerprint density at radius 3 is 2.31 bits per heavy atom. The van der Waals surface area contributed by atoms with Crippen molar-refractivity contribution >= 4 is 10.9 Å². The van der Waals surface area contributed by atoms with Crippen molar-refractivity contribution < 1.29 is 0 Å². The van der Waals surface area contributed by atoms with Gasteiger partial charge in [-0.2, -0.15) is 5.10 Å². The molecule has 0 amide bonds. The van der Waals surface area contributed by atoms with Gasteiger partial charge in [0.05, 0.1) is 11.7 Å². The highest BCUT2D eigenvalue weighted by Gasteiger charge is 2.12. The molecule has 0 N–H and O–H groups in total. The fraction of sp³-hybridized carbons (Fsp3) is 0.500. The first kappa shape index (κ1) is 11.2. The minimum atomic E-state index is 0.547. The van der Waals surface area contributed by atoms with E-state index in [1.165, 1.54) is 22.0 Å². The van der Waals surface area contributed by atoms with Gasteiger partial charge in [-0.05, 0) is 29.0 Å². The van der Waals surface area contributed by atoms with Crippen LogP contribution in [0.3, 0.4) is 0 Å². The summed E-state index contributed by atoms with van der Waals surface area (Å²) in [5.74, 6) is 1.11. The van der Waals surface area contributed by atoms with Crippen LogP contribution < -0.4 is 0 Å². The Balaban J connectivity index is 2.75. The average molecular weight is 216 g/mol. The predicted molar refractivity (Wildman–Crippen MR) is 68.9 cm³/mol. The Hall–Kier alpha value is -1.31. The number of aromatic nitrogens is 2. The molecule has 2 heteroatoms. The molecular formula is C14H20N2. The number of rotatable bonds is 2. The molecule has 16 heavy (non-hydrogen) atoms. The highest BCUT2D eigenvalue weighted by atomic mass is 15.2. The van der Waals surface area contributed by atoms with Crippen LogP contribution in [-0.4, -0.2) is 9.78 Å². The standard InChI is InChI=1S/C14H20N2/c1-9(2)11-6-12(10(3)4)13-8-15-16(5)14(13)7-11/h6-10H,1-5H3. The number of benzene rings is 1. The van der Waals surface area contributed by atoms with Crippen molar-refractivity contribution in [2.75, 3.05) is 0 Å². The molecule has 86 valence electrons. The van der Waals surface area contributed by atoms with Gasteiger partial charge in [0.2, 0.25) is 0 Å². The number of hydrogen-bond acceptors (Lipinski definition) is 1. The normalized spacial score (nSPS) is 11.9. The number of aryl methyl sites for hydroxylation is 1. The van der Waals surface area contributed by atoms with Gasteiger partial charge in [-0.25, -0.2) is 0 Å². The second-order valence-corrected chi connectivity index (χ2v) is 5.12. The van der Waals surface area contributed by atoms with E-state index in [1.54, 1.807) is 0 Å². The first-order valence-corrected chi connectivity index (χ1v) is 5.96. The summed E-state index contributed by atoms with van der Waals surface area (Å²) in [6.07, 6.45) is 1.98. The Labute approximate surface area is 97.3 Å². The number of fused-ring (bicyclic) bond motifs is 1. The quantitative estimate of drug-likeness (QED) is 0.746. The lowest BCUT2D eigenvalue weighted by molar-refractivity contribution is 0.793. The fourth-order valence-electron chi connectivity index (χ4n) is 2.11. The Kier molecular flexibility index (Phi) is 2.75. The van der Waals surface area contributed by atoms with Crippen LogP contribution in [-0.2, 0) is 7.05 Å². The molecule has 0 aliphatic carbocycles. The summed E-state index contributed by atoms with van der Waals surface area (Å²) in [5.41, 5.74) is 4.06. The molecule has 0 atom stereocenters. The van der Waals surface area contributed by atoms with Gasteiger partial charge in [-0.1, -0.05) is 33.8 Å². The van der Waals surface area contributed by atoms with Crippen molar-refractivity contribution in [3.8, 4) is 0 Å². The van der Waals surface area contributed by atoms with E-state index in [9.17, 15) is 0 Å². The van der Waals surface area contributed by atoms with Crippen LogP contribution in [0.5, 0.6) is 0 Å². The maximum Gasteiger partial charge on any atom is 0.0684 e. The lowest BCUT2D eigenvalue weighted by Gasteiger charge is -2.13. The minimum Gasteiger partial charge on any atom is -0.268 e. The molecule has 2 nitrogen and oxygen atoms in total. The summed E-state index contributed by atoms with van der Waals surface area (Å²) in [5, 5.41) is 5.65. The summed E-state index contributed by atoms with van der Waals surface area (Å²) < 4.78 is 1.97. The number of nitrogens with zero attached hydrogens (tertiary/aromatic N) is 2. The van der Waals surface area contributed by atoms with Gasteiger partial charge in [0, 0.05) is 12.4 Å². The molecule has 0 saturated heterocycles. The third-order valence-corrected chi connectivity index (χ3v) is 3.21. The minimum absolute atomic E-state index is 0.547. The molecule has 0 aliphatic rings. The van der Waals surface area contributed by atoms with Gasteiger partial charge in [-0.15, -0.1) is 0 Å². The van der Waals surface area contributed by atoms with Gasteiger partial charge >= 0.3 is 0 Å². The van der Waals surface area contributed by atoms with Crippen LogP contribution in [0.2, 0.25) is 0 Å². The first-order chi connectivity index (χ1) is 7.50. The molecule has 2 aromatic rings. The summed E-state index contributed by atoms with van der Waals surface area (Å²) >= 11 is 0. The van der Waals surface area contributed by atoms with Crippen LogP contribution in [0.25, 0.3) is 10.9 Å². The van der Waals surface area contributed by atoms with Crippen molar-refractivity contribution in [1.82, 2.24) is 9.78 Å². The van der Waals surface area contributed by atoms with E-state index in [0.29, 0.717) is 11.8 Å². The summed E-state index contributed by atoms with van der Waals surface area (Å²) in [6, 6.07) is 4.60. The van der Waals surface area contributed by atoms with Crippen LogP contribution in [0.4, 0.5) is 0 Å². The summed E-state index contributed by atoms with van der Waals surface area (Å²) in [4.78, 5) is 0. The smallest absolute Gasteiger partial charge is 0.0684 e. The van der Waals surface area contributed by atoms with Crippen molar-refractivity contribution in [2.45, 2.75) is 39.5 Å². The van der Waals surface area contributed by atoms with E-state index in [0.717, 1.165) is 0 Å². The maximum atomic E-state index is 4.36. The molecule has 0 bridgehead atoms. The Bertz CT molecular complexity index is 507.